The van der Waals surface area contributed by atoms with Crippen LogP contribution in [-0.2, 0) is 0 Å². The third-order valence-corrected chi connectivity index (χ3v) is 3.97. The van der Waals surface area contributed by atoms with Crippen molar-refractivity contribution in [3.8, 4) is 0 Å². The molecular formula is C10H12Cl2N4. The summed E-state index contributed by atoms with van der Waals surface area (Å²) in [5, 5.41) is 3.61. The van der Waals surface area contributed by atoms with Crippen molar-refractivity contribution < 1.29 is 0 Å². The summed E-state index contributed by atoms with van der Waals surface area (Å²) in [7, 11) is 0. The standard InChI is InChI=1S/C10H12Cl2N4/c11-8-14-9(12)16-10(15-8)13-7-4-5-1-2-6(7)3-5/h5-7H,1-4H2,(H,13,14,15,16). The topological polar surface area (TPSA) is 50.7 Å². The molecule has 1 heterocycles. The molecule has 2 bridgehead atoms. The summed E-state index contributed by atoms with van der Waals surface area (Å²) in [5.41, 5.74) is 0. The van der Waals surface area contributed by atoms with Crippen molar-refractivity contribution >= 4 is 29.2 Å². The molecule has 1 aromatic rings. The van der Waals surface area contributed by atoms with Crippen molar-refractivity contribution in [1.82, 2.24) is 15.0 Å². The Bertz CT molecular complexity index is 392. The van der Waals surface area contributed by atoms with Gasteiger partial charge in [-0.25, -0.2) is 0 Å². The Morgan fingerprint density at radius 3 is 2.31 bits per heavy atom. The lowest BCUT2D eigenvalue weighted by atomic mass is 9.95. The first-order valence-corrected chi connectivity index (χ1v) is 6.30. The molecule has 3 atom stereocenters. The molecule has 16 heavy (non-hydrogen) atoms. The van der Waals surface area contributed by atoms with E-state index in [2.05, 4.69) is 20.3 Å². The van der Waals surface area contributed by atoms with Crippen LogP contribution in [0.4, 0.5) is 5.95 Å². The smallest absolute Gasteiger partial charge is 0.228 e. The Labute approximate surface area is 104 Å². The summed E-state index contributed by atoms with van der Waals surface area (Å²) >= 11 is 11.5. The predicted octanol–water partition coefficient (Wildman–Crippen LogP) is 2.78. The van der Waals surface area contributed by atoms with Crippen LogP contribution in [0.1, 0.15) is 25.7 Å². The fourth-order valence-corrected chi connectivity index (χ4v) is 3.34. The molecule has 3 rings (SSSR count). The van der Waals surface area contributed by atoms with Crippen molar-refractivity contribution in [1.29, 1.82) is 0 Å². The highest BCUT2D eigenvalue weighted by atomic mass is 35.5. The summed E-state index contributed by atoms with van der Waals surface area (Å²) in [6, 6.07) is 0.480. The van der Waals surface area contributed by atoms with Crippen molar-refractivity contribution in [2.45, 2.75) is 31.7 Å². The second-order valence-electron chi connectivity index (χ2n) is 4.62. The number of anilines is 1. The van der Waals surface area contributed by atoms with E-state index in [0.29, 0.717) is 12.0 Å². The minimum Gasteiger partial charge on any atom is -0.351 e. The number of aromatic nitrogens is 3. The first-order chi connectivity index (χ1) is 7.70. The molecule has 3 unspecified atom stereocenters. The molecule has 0 aromatic carbocycles. The lowest BCUT2D eigenvalue weighted by Gasteiger charge is -2.22. The molecular weight excluding hydrogens is 247 g/mol. The quantitative estimate of drug-likeness (QED) is 0.887. The Hall–Kier alpha value is -0.610. The molecule has 1 N–H and O–H groups in total. The van der Waals surface area contributed by atoms with Crippen molar-refractivity contribution in [2.24, 2.45) is 11.8 Å². The molecule has 0 radical (unpaired) electrons. The number of nitrogens with one attached hydrogen (secondary N) is 1. The Balaban J connectivity index is 1.74. The molecule has 2 aliphatic rings. The first kappa shape index (κ1) is 10.5. The van der Waals surface area contributed by atoms with Crippen molar-refractivity contribution in [3.05, 3.63) is 10.6 Å². The second kappa shape index (κ2) is 4.00. The zero-order chi connectivity index (χ0) is 11.1. The van der Waals surface area contributed by atoms with Gasteiger partial charge in [-0.15, -0.1) is 0 Å². The van der Waals surface area contributed by atoms with Gasteiger partial charge in [-0.3, -0.25) is 0 Å². The van der Waals surface area contributed by atoms with Gasteiger partial charge in [0.2, 0.25) is 16.5 Å². The van der Waals surface area contributed by atoms with Gasteiger partial charge in [0.1, 0.15) is 0 Å². The fourth-order valence-electron chi connectivity index (χ4n) is 2.98. The zero-order valence-corrected chi connectivity index (χ0v) is 10.2. The van der Waals surface area contributed by atoms with E-state index < -0.39 is 0 Å². The van der Waals surface area contributed by atoms with Crippen LogP contribution in [0.5, 0.6) is 0 Å². The maximum absolute atomic E-state index is 5.73. The molecule has 0 spiro atoms. The highest BCUT2D eigenvalue weighted by molar-refractivity contribution is 6.31. The fraction of sp³-hybridized carbons (Fsp3) is 0.700. The number of nitrogens with zero attached hydrogens (tertiary/aromatic N) is 3. The highest BCUT2D eigenvalue weighted by Crippen LogP contribution is 2.45. The van der Waals surface area contributed by atoms with Crippen LogP contribution in [0.25, 0.3) is 0 Å². The second-order valence-corrected chi connectivity index (χ2v) is 5.30. The molecule has 6 heteroatoms. The van der Waals surface area contributed by atoms with Crippen LogP contribution in [-0.4, -0.2) is 21.0 Å². The van der Waals surface area contributed by atoms with Gasteiger partial charge < -0.3 is 5.32 Å². The van der Waals surface area contributed by atoms with Crippen molar-refractivity contribution in [2.75, 3.05) is 5.32 Å². The van der Waals surface area contributed by atoms with E-state index in [1.807, 2.05) is 0 Å². The Morgan fingerprint density at radius 2 is 1.75 bits per heavy atom. The Morgan fingerprint density at radius 1 is 1.00 bits per heavy atom. The lowest BCUT2D eigenvalue weighted by Crippen LogP contribution is -2.27. The van der Waals surface area contributed by atoms with Crippen LogP contribution in [0, 0.1) is 11.8 Å². The van der Waals surface area contributed by atoms with Crippen LogP contribution < -0.4 is 5.32 Å². The van der Waals surface area contributed by atoms with Crippen LogP contribution in [0.3, 0.4) is 0 Å². The average molecular weight is 259 g/mol. The highest BCUT2D eigenvalue weighted by Gasteiger charge is 2.39. The summed E-state index contributed by atoms with van der Waals surface area (Å²) < 4.78 is 0. The molecule has 0 saturated heterocycles. The van der Waals surface area contributed by atoms with Gasteiger partial charge in [-0.1, -0.05) is 6.42 Å². The van der Waals surface area contributed by atoms with Crippen LogP contribution >= 0.6 is 23.2 Å². The number of fused-ring (bicyclic) bond motifs is 2. The number of hydrogen-bond acceptors (Lipinski definition) is 4. The van der Waals surface area contributed by atoms with E-state index in [1.165, 1.54) is 25.7 Å². The zero-order valence-electron chi connectivity index (χ0n) is 8.66. The maximum Gasteiger partial charge on any atom is 0.228 e. The predicted molar refractivity (Wildman–Crippen MR) is 62.7 cm³/mol. The third-order valence-electron chi connectivity index (χ3n) is 3.63. The Kier molecular flexibility index (Phi) is 2.64. The number of rotatable bonds is 2. The van der Waals surface area contributed by atoms with Crippen LogP contribution in [0.2, 0.25) is 10.6 Å². The number of halogens is 2. The third kappa shape index (κ3) is 1.96. The number of hydrogen-bond donors (Lipinski definition) is 1. The van der Waals surface area contributed by atoms with Gasteiger partial charge in [0.15, 0.2) is 0 Å². The van der Waals surface area contributed by atoms with Gasteiger partial charge in [0, 0.05) is 6.04 Å². The molecule has 4 nitrogen and oxygen atoms in total. The first-order valence-electron chi connectivity index (χ1n) is 5.54. The SMILES string of the molecule is Clc1nc(Cl)nc(NC2CC3CCC2C3)n1. The maximum atomic E-state index is 5.73. The molecule has 0 amide bonds. The summed E-state index contributed by atoms with van der Waals surface area (Å²) in [5.74, 6) is 2.15. The largest absolute Gasteiger partial charge is 0.351 e. The van der Waals surface area contributed by atoms with E-state index in [9.17, 15) is 0 Å². The van der Waals surface area contributed by atoms with Gasteiger partial charge in [0.25, 0.3) is 0 Å². The van der Waals surface area contributed by atoms with Gasteiger partial charge in [-0.05, 0) is 54.3 Å². The van der Waals surface area contributed by atoms with E-state index >= 15 is 0 Å². The molecule has 1 aromatic heterocycles. The van der Waals surface area contributed by atoms with E-state index in [0.717, 1.165) is 11.8 Å². The normalized spacial score (nSPS) is 32.0. The molecule has 0 aliphatic heterocycles. The van der Waals surface area contributed by atoms with E-state index in [4.69, 9.17) is 23.2 Å². The molecule has 2 saturated carbocycles. The summed E-state index contributed by atoms with van der Waals surface area (Å²) in [6.07, 6.45) is 5.24. The minimum atomic E-state index is 0.144. The van der Waals surface area contributed by atoms with Crippen molar-refractivity contribution in [3.63, 3.8) is 0 Å². The molecule has 2 aliphatic carbocycles. The van der Waals surface area contributed by atoms with E-state index in [-0.39, 0.29) is 10.6 Å². The molecule has 2 fully saturated rings. The molecule has 86 valence electrons. The van der Waals surface area contributed by atoms with Crippen LogP contribution in [0.15, 0.2) is 0 Å². The van der Waals surface area contributed by atoms with Gasteiger partial charge >= 0.3 is 0 Å². The van der Waals surface area contributed by atoms with E-state index in [1.54, 1.807) is 0 Å². The van der Waals surface area contributed by atoms with Gasteiger partial charge in [0.05, 0.1) is 0 Å². The summed E-state index contributed by atoms with van der Waals surface area (Å²) in [4.78, 5) is 11.8. The average Bonchev–Trinajstić information content (AvgIpc) is 2.77. The minimum absolute atomic E-state index is 0.144. The monoisotopic (exact) mass is 258 g/mol. The summed E-state index contributed by atoms with van der Waals surface area (Å²) in [6.45, 7) is 0. The lowest BCUT2D eigenvalue weighted by molar-refractivity contribution is 0.438. The van der Waals surface area contributed by atoms with Gasteiger partial charge in [-0.2, -0.15) is 15.0 Å².